The van der Waals surface area contributed by atoms with Crippen LogP contribution in [0.4, 0.5) is 15.9 Å². The lowest BCUT2D eigenvalue weighted by Crippen LogP contribution is -2.14. The third-order valence-corrected chi connectivity index (χ3v) is 2.85. The zero-order valence-electron chi connectivity index (χ0n) is 9.15. The van der Waals surface area contributed by atoms with Gasteiger partial charge in [0.2, 0.25) is 0 Å². The van der Waals surface area contributed by atoms with Crippen LogP contribution in [0.3, 0.4) is 0 Å². The van der Waals surface area contributed by atoms with Crippen LogP contribution in [0.2, 0.25) is 0 Å². The second-order valence-electron chi connectivity index (χ2n) is 3.53. The van der Waals surface area contributed by atoms with Gasteiger partial charge < -0.3 is 11.1 Å². The van der Waals surface area contributed by atoms with Crippen LogP contribution in [0, 0.1) is 5.82 Å². The number of benzene rings is 1. The number of anilines is 2. The van der Waals surface area contributed by atoms with Gasteiger partial charge in [0, 0.05) is 0 Å². The molecular formula is C12H9BrFN3O. The number of nitrogens with one attached hydrogen (secondary N) is 1. The number of pyridine rings is 1. The quantitative estimate of drug-likeness (QED) is 0.896. The number of hydrogen-bond donors (Lipinski definition) is 2. The fourth-order valence-electron chi connectivity index (χ4n) is 1.36. The van der Waals surface area contributed by atoms with E-state index in [1.165, 1.54) is 18.3 Å². The molecule has 0 aliphatic heterocycles. The van der Waals surface area contributed by atoms with Crippen molar-refractivity contribution in [2.24, 2.45) is 0 Å². The molecular weight excluding hydrogens is 301 g/mol. The van der Waals surface area contributed by atoms with Gasteiger partial charge in [0.05, 0.1) is 21.9 Å². The fourth-order valence-corrected chi connectivity index (χ4v) is 1.72. The van der Waals surface area contributed by atoms with Crippen molar-refractivity contribution in [2.75, 3.05) is 11.1 Å². The van der Waals surface area contributed by atoms with E-state index in [0.717, 1.165) is 0 Å². The lowest BCUT2D eigenvalue weighted by molar-refractivity contribution is 0.102. The predicted octanol–water partition coefficient (Wildman–Crippen LogP) is 2.82. The Hall–Kier alpha value is -1.95. The van der Waals surface area contributed by atoms with Crippen LogP contribution in [0.5, 0.6) is 0 Å². The van der Waals surface area contributed by atoms with E-state index in [2.05, 4.69) is 26.2 Å². The van der Waals surface area contributed by atoms with E-state index >= 15 is 0 Å². The zero-order chi connectivity index (χ0) is 13.1. The monoisotopic (exact) mass is 309 g/mol. The number of rotatable bonds is 2. The predicted molar refractivity (Wildman–Crippen MR) is 70.7 cm³/mol. The highest BCUT2D eigenvalue weighted by atomic mass is 79.9. The Morgan fingerprint density at radius 2 is 2.11 bits per heavy atom. The van der Waals surface area contributed by atoms with Gasteiger partial charge in [-0.15, -0.1) is 0 Å². The van der Waals surface area contributed by atoms with Gasteiger partial charge in [-0.1, -0.05) is 6.07 Å². The summed E-state index contributed by atoms with van der Waals surface area (Å²) in [7, 11) is 0. The number of nitrogens with zero attached hydrogens (tertiary/aromatic N) is 1. The molecule has 2 aromatic rings. The highest BCUT2D eigenvalue weighted by Gasteiger charge is 2.13. The molecule has 0 saturated carbocycles. The third-order valence-electron chi connectivity index (χ3n) is 2.24. The number of halogens is 2. The zero-order valence-corrected chi connectivity index (χ0v) is 10.7. The molecule has 92 valence electrons. The molecule has 0 bridgehead atoms. The first-order chi connectivity index (χ1) is 8.58. The minimum absolute atomic E-state index is 0.0406. The standard InChI is InChI=1S/C12H9BrFN3O/c13-9-3-1-2-8(11(9)14)12(18)17-7-4-5-10(15)16-6-7/h1-6H,(H2,15,16)(H,17,18). The molecule has 0 atom stereocenters. The van der Waals surface area contributed by atoms with Crippen LogP contribution < -0.4 is 11.1 Å². The molecule has 4 nitrogen and oxygen atoms in total. The molecule has 0 spiro atoms. The molecule has 3 N–H and O–H groups in total. The summed E-state index contributed by atoms with van der Waals surface area (Å²) in [4.78, 5) is 15.7. The first-order valence-electron chi connectivity index (χ1n) is 5.05. The summed E-state index contributed by atoms with van der Waals surface area (Å²) in [6, 6.07) is 7.66. The van der Waals surface area contributed by atoms with E-state index < -0.39 is 11.7 Å². The number of nitrogen functional groups attached to an aromatic ring is 1. The number of amides is 1. The van der Waals surface area contributed by atoms with Crippen molar-refractivity contribution in [3.8, 4) is 0 Å². The van der Waals surface area contributed by atoms with E-state index in [0.29, 0.717) is 11.5 Å². The number of aromatic nitrogens is 1. The van der Waals surface area contributed by atoms with Gasteiger partial charge in [-0.25, -0.2) is 9.37 Å². The third kappa shape index (κ3) is 2.65. The lowest BCUT2D eigenvalue weighted by atomic mass is 10.2. The topological polar surface area (TPSA) is 68.0 Å². The van der Waals surface area contributed by atoms with Crippen molar-refractivity contribution >= 4 is 33.3 Å². The first-order valence-corrected chi connectivity index (χ1v) is 5.84. The smallest absolute Gasteiger partial charge is 0.258 e. The fraction of sp³-hybridized carbons (Fsp3) is 0. The molecule has 1 amide bonds. The number of hydrogen-bond acceptors (Lipinski definition) is 3. The molecule has 0 fully saturated rings. The van der Waals surface area contributed by atoms with Gasteiger partial charge in [0.1, 0.15) is 11.6 Å². The maximum absolute atomic E-state index is 13.7. The molecule has 0 saturated heterocycles. The Labute approximate surface area is 111 Å². The van der Waals surface area contributed by atoms with E-state index in [4.69, 9.17) is 5.73 Å². The Balaban J connectivity index is 2.22. The Kier molecular flexibility index (Phi) is 3.57. The highest BCUT2D eigenvalue weighted by Crippen LogP contribution is 2.19. The average Bonchev–Trinajstić information content (AvgIpc) is 2.35. The number of carbonyl (C=O) groups is 1. The Morgan fingerprint density at radius 1 is 1.33 bits per heavy atom. The summed E-state index contributed by atoms with van der Waals surface area (Å²) in [5.74, 6) is -0.791. The lowest BCUT2D eigenvalue weighted by Gasteiger charge is -2.06. The second kappa shape index (κ2) is 5.14. The van der Waals surface area contributed by atoms with Crippen molar-refractivity contribution in [3.05, 3.63) is 52.4 Å². The van der Waals surface area contributed by atoms with Gasteiger partial charge in [0.25, 0.3) is 5.91 Å². The second-order valence-corrected chi connectivity index (χ2v) is 4.38. The van der Waals surface area contributed by atoms with E-state index in [1.54, 1.807) is 18.2 Å². The Morgan fingerprint density at radius 3 is 2.78 bits per heavy atom. The van der Waals surface area contributed by atoms with Crippen LogP contribution in [0.15, 0.2) is 41.0 Å². The van der Waals surface area contributed by atoms with E-state index in [9.17, 15) is 9.18 Å². The molecule has 0 radical (unpaired) electrons. The minimum atomic E-state index is -0.599. The van der Waals surface area contributed by atoms with Crippen molar-refractivity contribution in [3.63, 3.8) is 0 Å². The Bertz CT molecular complexity index is 586. The summed E-state index contributed by atoms with van der Waals surface area (Å²) >= 11 is 3.03. The van der Waals surface area contributed by atoms with Gasteiger partial charge in [-0.3, -0.25) is 4.79 Å². The maximum atomic E-state index is 13.7. The number of nitrogens with two attached hydrogens (primary N) is 1. The highest BCUT2D eigenvalue weighted by molar-refractivity contribution is 9.10. The minimum Gasteiger partial charge on any atom is -0.384 e. The van der Waals surface area contributed by atoms with Gasteiger partial charge in [-0.2, -0.15) is 0 Å². The van der Waals surface area contributed by atoms with Crippen LogP contribution >= 0.6 is 15.9 Å². The summed E-state index contributed by atoms with van der Waals surface area (Å²) < 4.78 is 13.9. The van der Waals surface area contributed by atoms with Crippen LogP contribution in [-0.2, 0) is 0 Å². The summed E-state index contributed by atoms with van der Waals surface area (Å²) in [5, 5.41) is 2.54. The van der Waals surface area contributed by atoms with Crippen molar-refractivity contribution < 1.29 is 9.18 Å². The van der Waals surface area contributed by atoms with Crippen LogP contribution in [-0.4, -0.2) is 10.9 Å². The van der Waals surface area contributed by atoms with Crippen molar-refractivity contribution in [2.45, 2.75) is 0 Å². The van der Waals surface area contributed by atoms with Gasteiger partial charge in [-0.05, 0) is 40.2 Å². The molecule has 2 rings (SSSR count). The van der Waals surface area contributed by atoms with Crippen molar-refractivity contribution in [1.29, 1.82) is 0 Å². The molecule has 1 aromatic heterocycles. The molecule has 0 unspecified atom stereocenters. The molecule has 0 aliphatic carbocycles. The maximum Gasteiger partial charge on any atom is 0.258 e. The molecule has 6 heteroatoms. The first kappa shape index (κ1) is 12.5. The van der Waals surface area contributed by atoms with Crippen molar-refractivity contribution in [1.82, 2.24) is 4.98 Å². The van der Waals surface area contributed by atoms with Gasteiger partial charge in [0.15, 0.2) is 0 Å². The summed E-state index contributed by atoms with van der Waals surface area (Å²) in [6.07, 6.45) is 1.41. The van der Waals surface area contributed by atoms with Crippen LogP contribution in [0.25, 0.3) is 0 Å². The summed E-state index contributed by atoms with van der Waals surface area (Å²) in [5.41, 5.74) is 5.83. The van der Waals surface area contributed by atoms with E-state index in [-0.39, 0.29) is 10.0 Å². The molecule has 0 aliphatic rings. The molecule has 1 aromatic carbocycles. The number of carbonyl (C=O) groups excluding carboxylic acids is 1. The normalized spacial score (nSPS) is 10.1. The largest absolute Gasteiger partial charge is 0.384 e. The molecule has 18 heavy (non-hydrogen) atoms. The van der Waals surface area contributed by atoms with E-state index in [1.807, 2.05) is 0 Å². The summed E-state index contributed by atoms with van der Waals surface area (Å²) in [6.45, 7) is 0. The molecule has 1 heterocycles. The van der Waals surface area contributed by atoms with Gasteiger partial charge >= 0.3 is 0 Å². The SMILES string of the molecule is Nc1ccc(NC(=O)c2cccc(Br)c2F)cn1. The average molecular weight is 310 g/mol. The van der Waals surface area contributed by atoms with Crippen LogP contribution in [0.1, 0.15) is 10.4 Å².